The molecule has 0 saturated carbocycles. The van der Waals surface area contributed by atoms with Crippen molar-refractivity contribution in [3.63, 3.8) is 0 Å². The molecule has 0 radical (unpaired) electrons. The molecular weight excluding hydrogens is 368 g/mol. The lowest BCUT2D eigenvalue weighted by Crippen LogP contribution is -2.25. The number of benzene rings is 1. The summed E-state index contributed by atoms with van der Waals surface area (Å²) < 4.78 is 13.6. The zero-order valence-corrected chi connectivity index (χ0v) is 17.3. The monoisotopic (exact) mass is 394 g/mol. The Morgan fingerprint density at radius 3 is 2.54 bits per heavy atom. The van der Waals surface area contributed by atoms with Gasteiger partial charge in [0.2, 0.25) is 0 Å². The van der Waals surface area contributed by atoms with Gasteiger partial charge < -0.3 is 9.88 Å². The summed E-state index contributed by atoms with van der Waals surface area (Å²) in [5.41, 5.74) is 0.576. The lowest BCUT2D eigenvalue weighted by Gasteiger charge is -2.11. The molecule has 1 amide bonds. The van der Waals surface area contributed by atoms with E-state index in [2.05, 4.69) is 33.9 Å². The van der Waals surface area contributed by atoms with E-state index in [9.17, 15) is 9.00 Å². The summed E-state index contributed by atoms with van der Waals surface area (Å²) in [5, 5.41) is 12.4. The number of hydrogen-bond acceptors (Lipinski definition) is 5. The van der Waals surface area contributed by atoms with E-state index in [0.717, 1.165) is 35.3 Å². The van der Waals surface area contributed by atoms with Crippen LogP contribution in [-0.2, 0) is 23.8 Å². The highest BCUT2D eigenvalue weighted by Gasteiger charge is 2.12. The molecule has 8 heteroatoms. The molecule has 6 nitrogen and oxygen atoms in total. The molecule has 1 atom stereocenters. The van der Waals surface area contributed by atoms with E-state index in [1.807, 2.05) is 6.26 Å². The number of carbonyl (C=O) groups is 1. The quantitative estimate of drug-likeness (QED) is 0.523. The zero-order chi connectivity index (χ0) is 19.1. The van der Waals surface area contributed by atoms with Crippen LogP contribution in [0.3, 0.4) is 0 Å². The van der Waals surface area contributed by atoms with Gasteiger partial charge in [-0.25, -0.2) is 0 Å². The molecule has 1 heterocycles. The molecule has 0 spiro atoms. The molecule has 1 aromatic carbocycles. The van der Waals surface area contributed by atoms with E-state index in [4.69, 9.17) is 0 Å². The highest BCUT2D eigenvalue weighted by atomic mass is 32.2. The third kappa shape index (κ3) is 5.67. The van der Waals surface area contributed by atoms with Gasteiger partial charge in [-0.1, -0.05) is 25.6 Å². The van der Waals surface area contributed by atoms with Crippen LogP contribution in [0.4, 0.5) is 0 Å². The minimum Gasteiger partial charge on any atom is -0.352 e. The number of nitrogens with zero attached hydrogens (tertiary/aromatic N) is 3. The van der Waals surface area contributed by atoms with Gasteiger partial charge in [-0.3, -0.25) is 9.00 Å². The lowest BCUT2D eigenvalue weighted by molar-refractivity contribution is 0.0953. The van der Waals surface area contributed by atoms with E-state index in [0.29, 0.717) is 18.0 Å². The zero-order valence-electron chi connectivity index (χ0n) is 15.7. The second kappa shape index (κ2) is 9.87. The topological polar surface area (TPSA) is 76.9 Å². The van der Waals surface area contributed by atoms with E-state index in [1.165, 1.54) is 0 Å². The maximum atomic E-state index is 12.2. The summed E-state index contributed by atoms with van der Waals surface area (Å²) in [5.74, 6) is 1.37. The fraction of sp³-hybridized carbons (Fsp3) is 0.500. The molecule has 1 unspecified atom stereocenters. The highest BCUT2D eigenvalue weighted by molar-refractivity contribution is 7.98. The van der Waals surface area contributed by atoms with Crippen molar-refractivity contribution in [2.75, 3.05) is 19.1 Å². The van der Waals surface area contributed by atoms with Crippen LogP contribution in [0.5, 0.6) is 0 Å². The number of thioether (sulfide) groups is 1. The SMILES string of the molecule is CSc1nnc(CCCNC(=O)c2ccc(S(C)=O)cc2)n1CC(C)C. The van der Waals surface area contributed by atoms with Crippen molar-refractivity contribution in [3.05, 3.63) is 35.7 Å². The molecular formula is C18H26N4O2S2. The van der Waals surface area contributed by atoms with Gasteiger partial charge in [-0.15, -0.1) is 10.2 Å². The Bertz CT molecular complexity index is 757. The van der Waals surface area contributed by atoms with Crippen molar-refractivity contribution < 1.29 is 9.00 Å². The molecule has 0 bridgehead atoms. The van der Waals surface area contributed by atoms with Gasteiger partial charge in [-0.05, 0) is 42.9 Å². The summed E-state index contributed by atoms with van der Waals surface area (Å²) in [6.45, 7) is 5.82. The number of rotatable bonds is 9. The van der Waals surface area contributed by atoms with Crippen LogP contribution in [0.25, 0.3) is 0 Å². The van der Waals surface area contributed by atoms with Crippen molar-refractivity contribution in [1.29, 1.82) is 0 Å². The fourth-order valence-corrected chi connectivity index (χ4v) is 3.59. The summed E-state index contributed by atoms with van der Waals surface area (Å²) in [4.78, 5) is 12.9. The lowest BCUT2D eigenvalue weighted by atomic mass is 10.2. The maximum Gasteiger partial charge on any atom is 0.251 e. The fourth-order valence-electron chi connectivity index (χ4n) is 2.55. The van der Waals surface area contributed by atoms with Gasteiger partial charge in [0, 0.05) is 47.0 Å². The number of nitrogens with one attached hydrogen (secondary N) is 1. The van der Waals surface area contributed by atoms with Gasteiger partial charge in [0.15, 0.2) is 5.16 Å². The Hall–Kier alpha value is -1.67. The van der Waals surface area contributed by atoms with E-state index in [-0.39, 0.29) is 5.91 Å². The molecule has 0 saturated heterocycles. The van der Waals surface area contributed by atoms with Gasteiger partial charge >= 0.3 is 0 Å². The molecule has 2 rings (SSSR count). The molecule has 2 aromatic rings. The third-order valence-corrected chi connectivity index (χ3v) is 5.44. The smallest absolute Gasteiger partial charge is 0.251 e. The molecule has 0 aliphatic rings. The number of aryl methyl sites for hydroxylation is 1. The summed E-state index contributed by atoms with van der Waals surface area (Å²) in [6, 6.07) is 6.86. The molecule has 0 aliphatic carbocycles. The first-order chi connectivity index (χ1) is 12.4. The molecule has 142 valence electrons. The second-order valence-corrected chi connectivity index (χ2v) is 8.60. The minimum absolute atomic E-state index is 0.119. The van der Waals surface area contributed by atoms with Crippen molar-refractivity contribution in [3.8, 4) is 0 Å². The minimum atomic E-state index is -1.03. The largest absolute Gasteiger partial charge is 0.352 e. The van der Waals surface area contributed by atoms with Crippen LogP contribution in [0.15, 0.2) is 34.3 Å². The van der Waals surface area contributed by atoms with Crippen LogP contribution >= 0.6 is 11.8 Å². The molecule has 1 N–H and O–H groups in total. The average molecular weight is 395 g/mol. The predicted octanol–water partition coefficient (Wildman–Crippen LogP) is 2.76. The predicted molar refractivity (Wildman–Crippen MR) is 106 cm³/mol. The highest BCUT2D eigenvalue weighted by Crippen LogP contribution is 2.16. The first kappa shape index (κ1) is 20.6. The van der Waals surface area contributed by atoms with Crippen LogP contribution in [0.1, 0.15) is 36.5 Å². The summed E-state index contributed by atoms with van der Waals surface area (Å²) in [6.07, 6.45) is 5.20. The molecule has 0 aliphatic heterocycles. The van der Waals surface area contributed by atoms with E-state index >= 15 is 0 Å². The van der Waals surface area contributed by atoms with Crippen LogP contribution in [0, 0.1) is 5.92 Å². The van der Waals surface area contributed by atoms with Crippen molar-refractivity contribution in [2.24, 2.45) is 5.92 Å². The molecule has 0 fully saturated rings. The Balaban J connectivity index is 1.85. The Morgan fingerprint density at radius 1 is 1.27 bits per heavy atom. The molecule has 26 heavy (non-hydrogen) atoms. The van der Waals surface area contributed by atoms with Gasteiger partial charge in [0.1, 0.15) is 5.82 Å². The average Bonchev–Trinajstić information content (AvgIpc) is 2.99. The first-order valence-corrected chi connectivity index (χ1v) is 11.4. The van der Waals surface area contributed by atoms with Crippen LogP contribution in [0.2, 0.25) is 0 Å². The number of amides is 1. The maximum absolute atomic E-state index is 12.2. The number of aromatic nitrogens is 3. The van der Waals surface area contributed by atoms with Crippen LogP contribution in [-0.4, -0.2) is 43.9 Å². The number of hydrogen-bond donors (Lipinski definition) is 1. The normalized spacial score (nSPS) is 12.3. The van der Waals surface area contributed by atoms with Crippen molar-refractivity contribution in [2.45, 2.75) is 43.3 Å². The number of carbonyl (C=O) groups excluding carboxylic acids is 1. The van der Waals surface area contributed by atoms with Gasteiger partial charge in [-0.2, -0.15) is 0 Å². The van der Waals surface area contributed by atoms with Crippen molar-refractivity contribution >= 4 is 28.5 Å². The van der Waals surface area contributed by atoms with Gasteiger partial charge in [0.05, 0.1) is 0 Å². The standard InChI is InChI=1S/C18H26N4O2S2/c1-13(2)12-22-16(20-21-18(22)25-3)6-5-11-19-17(23)14-7-9-15(10-8-14)26(4)24/h7-10,13H,5-6,11-12H2,1-4H3,(H,19,23). The Kier molecular flexibility index (Phi) is 7.84. The summed E-state index contributed by atoms with van der Waals surface area (Å²) in [7, 11) is -1.03. The van der Waals surface area contributed by atoms with Crippen LogP contribution < -0.4 is 5.32 Å². The van der Waals surface area contributed by atoms with Crippen molar-refractivity contribution in [1.82, 2.24) is 20.1 Å². The summed E-state index contributed by atoms with van der Waals surface area (Å²) >= 11 is 1.60. The first-order valence-electron chi connectivity index (χ1n) is 8.60. The van der Waals surface area contributed by atoms with E-state index in [1.54, 1.807) is 42.3 Å². The Morgan fingerprint density at radius 2 is 1.96 bits per heavy atom. The van der Waals surface area contributed by atoms with Gasteiger partial charge in [0.25, 0.3) is 5.91 Å². The van der Waals surface area contributed by atoms with E-state index < -0.39 is 10.8 Å². The third-order valence-electron chi connectivity index (χ3n) is 3.83. The second-order valence-electron chi connectivity index (χ2n) is 6.45. The molecule has 1 aromatic heterocycles. The Labute approximate surface area is 161 Å².